The number of nitrogens with zero attached hydrogens (tertiary/aromatic N) is 1. The highest BCUT2D eigenvalue weighted by Gasteiger charge is 2.26. The molecule has 0 aliphatic rings. The SMILES string of the molecule is N#Cc1cccc(C(=O)OC(C(=O)Nc2ccc(F)cc2)c2ccccc2)c1. The minimum atomic E-state index is -1.22. The number of nitrogens with one attached hydrogen (secondary N) is 1. The fourth-order valence-electron chi connectivity index (χ4n) is 2.53. The molecule has 1 unspecified atom stereocenters. The quantitative estimate of drug-likeness (QED) is 0.678. The number of benzene rings is 3. The molecule has 0 saturated heterocycles. The van der Waals surface area contributed by atoms with Crippen LogP contribution in [0.4, 0.5) is 10.1 Å². The van der Waals surface area contributed by atoms with Gasteiger partial charge in [-0.2, -0.15) is 5.26 Å². The maximum Gasteiger partial charge on any atom is 0.339 e. The highest BCUT2D eigenvalue weighted by atomic mass is 19.1. The van der Waals surface area contributed by atoms with Crippen LogP contribution < -0.4 is 5.32 Å². The number of nitriles is 1. The van der Waals surface area contributed by atoms with Gasteiger partial charge in [0.15, 0.2) is 0 Å². The summed E-state index contributed by atoms with van der Waals surface area (Å²) in [6, 6.07) is 21.8. The topological polar surface area (TPSA) is 79.2 Å². The van der Waals surface area contributed by atoms with Gasteiger partial charge < -0.3 is 10.1 Å². The molecule has 3 rings (SSSR count). The molecule has 3 aromatic carbocycles. The molecule has 0 aromatic heterocycles. The van der Waals surface area contributed by atoms with Gasteiger partial charge in [-0.15, -0.1) is 0 Å². The van der Waals surface area contributed by atoms with Gasteiger partial charge in [0.2, 0.25) is 6.10 Å². The van der Waals surface area contributed by atoms with Crippen LogP contribution in [0.2, 0.25) is 0 Å². The molecule has 5 nitrogen and oxygen atoms in total. The molecule has 0 aliphatic heterocycles. The number of hydrogen-bond donors (Lipinski definition) is 1. The number of ether oxygens (including phenoxy) is 1. The molecule has 3 aromatic rings. The van der Waals surface area contributed by atoms with E-state index in [0.29, 0.717) is 16.8 Å². The predicted molar refractivity (Wildman–Crippen MR) is 101 cm³/mol. The molecule has 1 amide bonds. The van der Waals surface area contributed by atoms with Crippen LogP contribution >= 0.6 is 0 Å². The molecule has 0 bridgehead atoms. The lowest BCUT2D eigenvalue weighted by molar-refractivity contribution is -0.125. The first-order chi connectivity index (χ1) is 13.6. The second-order valence-corrected chi connectivity index (χ2v) is 5.88. The van der Waals surface area contributed by atoms with Gasteiger partial charge in [-0.05, 0) is 42.5 Å². The van der Waals surface area contributed by atoms with E-state index in [1.807, 2.05) is 6.07 Å². The van der Waals surface area contributed by atoms with Gasteiger partial charge in [0.1, 0.15) is 5.82 Å². The van der Waals surface area contributed by atoms with Gasteiger partial charge in [0.25, 0.3) is 5.91 Å². The highest BCUT2D eigenvalue weighted by molar-refractivity contribution is 5.98. The minimum absolute atomic E-state index is 0.162. The Bertz CT molecular complexity index is 1030. The van der Waals surface area contributed by atoms with Gasteiger partial charge in [-0.3, -0.25) is 4.79 Å². The number of carbonyl (C=O) groups is 2. The normalized spacial score (nSPS) is 11.1. The fourth-order valence-corrected chi connectivity index (χ4v) is 2.53. The van der Waals surface area contributed by atoms with Crippen molar-refractivity contribution in [3.8, 4) is 6.07 Å². The van der Waals surface area contributed by atoms with Crippen LogP contribution in [0.5, 0.6) is 0 Å². The molecule has 0 heterocycles. The second kappa shape index (κ2) is 8.60. The van der Waals surface area contributed by atoms with E-state index in [1.165, 1.54) is 36.4 Å². The van der Waals surface area contributed by atoms with E-state index < -0.39 is 23.8 Å². The summed E-state index contributed by atoms with van der Waals surface area (Å²) in [5.74, 6) is -1.75. The number of carbonyl (C=O) groups excluding carboxylic acids is 2. The Morgan fingerprint density at radius 2 is 1.68 bits per heavy atom. The van der Waals surface area contributed by atoms with Gasteiger partial charge in [-0.1, -0.05) is 36.4 Å². The van der Waals surface area contributed by atoms with Crippen molar-refractivity contribution in [2.75, 3.05) is 5.32 Å². The molecule has 28 heavy (non-hydrogen) atoms. The Hall–Kier alpha value is -3.98. The summed E-state index contributed by atoms with van der Waals surface area (Å²) in [6.07, 6.45) is -1.22. The molecular weight excluding hydrogens is 359 g/mol. The van der Waals surface area contributed by atoms with Crippen molar-refractivity contribution in [3.63, 3.8) is 0 Å². The van der Waals surface area contributed by atoms with Gasteiger partial charge >= 0.3 is 5.97 Å². The standard InChI is InChI=1S/C22H15FN2O3/c23-18-9-11-19(12-10-18)25-21(26)20(16-6-2-1-3-7-16)28-22(27)17-8-4-5-15(13-17)14-24/h1-13,20H,(H,25,26). The summed E-state index contributed by atoms with van der Waals surface area (Å²) in [7, 11) is 0. The first kappa shape index (κ1) is 18.8. The van der Waals surface area contributed by atoms with E-state index in [-0.39, 0.29) is 5.56 Å². The predicted octanol–water partition coefficient (Wildman–Crippen LogP) is 4.23. The maximum atomic E-state index is 13.1. The number of rotatable bonds is 5. The molecule has 0 aliphatic carbocycles. The zero-order valence-electron chi connectivity index (χ0n) is 14.6. The lowest BCUT2D eigenvalue weighted by Crippen LogP contribution is -2.26. The van der Waals surface area contributed by atoms with E-state index in [2.05, 4.69) is 5.32 Å². The number of amides is 1. The number of hydrogen-bond acceptors (Lipinski definition) is 4. The zero-order valence-corrected chi connectivity index (χ0v) is 14.6. The third kappa shape index (κ3) is 4.59. The molecular formula is C22H15FN2O3. The van der Waals surface area contributed by atoms with E-state index in [0.717, 1.165) is 0 Å². The molecule has 0 spiro atoms. The molecule has 0 saturated carbocycles. The minimum Gasteiger partial charge on any atom is -0.444 e. The maximum absolute atomic E-state index is 13.1. The van der Waals surface area contributed by atoms with E-state index in [9.17, 15) is 14.0 Å². The molecule has 0 radical (unpaired) electrons. The number of anilines is 1. The van der Waals surface area contributed by atoms with Gasteiger partial charge in [-0.25, -0.2) is 9.18 Å². The van der Waals surface area contributed by atoms with Crippen molar-refractivity contribution < 1.29 is 18.7 Å². The molecule has 0 fully saturated rings. The summed E-state index contributed by atoms with van der Waals surface area (Å²) < 4.78 is 18.5. The van der Waals surface area contributed by atoms with Crippen LogP contribution in [-0.4, -0.2) is 11.9 Å². The lowest BCUT2D eigenvalue weighted by Gasteiger charge is -2.18. The highest BCUT2D eigenvalue weighted by Crippen LogP contribution is 2.22. The van der Waals surface area contributed by atoms with Crippen molar-refractivity contribution in [3.05, 3.63) is 101 Å². The summed E-state index contributed by atoms with van der Waals surface area (Å²) in [4.78, 5) is 25.3. The van der Waals surface area contributed by atoms with Crippen molar-refractivity contribution in [2.45, 2.75) is 6.10 Å². The summed E-state index contributed by atoms with van der Waals surface area (Å²) in [6.45, 7) is 0. The Morgan fingerprint density at radius 1 is 0.964 bits per heavy atom. The van der Waals surface area contributed by atoms with Crippen LogP contribution in [0, 0.1) is 17.1 Å². The lowest BCUT2D eigenvalue weighted by atomic mass is 10.1. The summed E-state index contributed by atoms with van der Waals surface area (Å²) in [5, 5.41) is 11.6. The fraction of sp³-hybridized carbons (Fsp3) is 0.0455. The van der Waals surface area contributed by atoms with Crippen molar-refractivity contribution in [1.29, 1.82) is 5.26 Å². The third-order valence-electron chi connectivity index (χ3n) is 3.90. The van der Waals surface area contributed by atoms with Crippen molar-refractivity contribution >= 4 is 17.6 Å². The van der Waals surface area contributed by atoms with Crippen LogP contribution in [0.25, 0.3) is 0 Å². The summed E-state index contributed by atoms with van der Waals surface area (Å²) in [5.41, 5.74) is 1.32. The van der Waals surface area contributed by atoms with E-state index in [4.69, 9.17) is 10.00 Å². The zero-order chi connectivity index (χ0) is 19.9. The Balaban J connectivity index is 1.84. The first-order valence-corrected chi connectivity index (χ1v) is 8.39. The van der Waals surface area contributed by atoms with E-state index in [1.54, 1.807) is 42.5 Å². The van der Waals surface area contributed by atoms with E-state index >= 15 is 0 Å². The number of halogens is 1. The molecule has 1 atom stereocenters. The monoisotopic (exact) mass is 374 g/mol. The molecule has 138 valence electrons. The number of esters is 1. The van der Waals surface area contributed by atoms with Crippen LogP contribution in [0.1, 0.15) is 27.6 Å². The smallest absolute Gasteiger partial charge is 0.339 e. The largest absolute Gasteiger partial charge is 0.444 e. The average molecular weight is 374 g/mol. The third-order valence-corrected chi connectivity index (χ3v) is 3.90. The first-order valence-electron chi connectivity index (χ1n) is 8.39. The Morgan fingerprint density at radius 3 is 2.36 bits per heavy atom. The molecule has 1 N–H and O–H groups in total. The Kier molecular flexibility index (Phi) is 5.78. The van der Waals surface area contributed by atoms with Gasteiger partial charge in [0, 0.05) is 11.3 Å². The molecule has 6 heteroatoms. The van der Waals surface area contributed by atoms with Crippen LogP contribution in [0.15, 0.2) is 78.9 Å². The second-order valence-electron chi connectivity index (χ2n) is 5.88. The summed E-state index contributed by atoms with van der Waals surface area (Å²) >= 11 is 0. The van der Waals surface area contributed by atoms with Crippen molar-refractivity contribution in [1.82, 2.24) is 0 Å². The van der Waals surface area contributed by atoms with Gasteiger partial charge in [0.05, 0.1) is 17.2 Å². The average Bonchev–Trinajstić information content (AvgIpc) is 2.74. The Labute approximate surface area is 161 Å². The van der Waals surface area contributed by atoms with Crippen LogP contribution in [-0.2, 0) is 9.53 Å². The van der Waals surface area contributed by atoms with Crippen molar-refractivity contribution in [2.24, 2.45) is 0 Å². The van der Waals surface area contributed by atoms with Crippen LogP contribution in [0.3, 0.4) is 0 Å².